The number of esters is 1. The molecule has 0 amide bonds. The van der Waals surface area contributed by atoms with Crippen molar-refractivity contribution in [2.24, 2.45) is 5.41 Å². The minimum Gasteiger partial charge on any atom is -0.466 e. The van der Waals surface area contributed by atoms with Crippen LogP contribution in [-0.4, -0.2) is 12.6 Å². The van der Waals surface area contributed by atoms with E-state index in [9.17, 15) is 4.79 Å². The van der Waals surface area contributed by atoms with Crippen LogP contribution in [0.5, 0.6) is 0 Å². The van der Waals surface area contributed by atoms with E-state index in [0.29, 0.717) is 13.0 Å². The van der Waals surface area contributed by atoms with E-state index in [1.807, 2.05) is 0 Å². The van der Waals surface area contributed by atoms with Crippen molar-refractivity contribution in [2.75, 3.05) is 6.61 Å². The first-order valence-corrected chi connectivity index (χ1v) is 4.32. The van der Waals surface area contributed by atoms with Crippen molar-refractivity contribution in [3.8, 4) is 0 Å². The average Bonchev–Trinajstić information content (AvgIpc) is 2.13. The normalized spacial score (nSPS) is 32.7. The lowest BCUT2D eigenvalue weighted by molar-refractivity contribution is -0.144. The SMILES string of the molecule is CCC1(C)CCCOC(=O)C1. The standard InChI is InChI=1S/C9H16O2/c1-3-9(2)5-4-6-11-8(10)7-9/h3-7H2,1-2H3. The van der Waals surface area contributed by atoms with Gasteiger partial charge in [0.15, 0.2) is 0 Å². The zero-order valence-corrected chi connectivity index (χ0v) is 7.35. The summed E-state index contributed by atoms with van der Waals surface area (Å²) in [6.07, 6.45) is 3.82. The van der Waals surface area contributed by atoms with Crippen molar-refractivity contribution in [2.45, 2.75) is 39.5 Å². The van der Waals surface area contributed by atoms with Gasteiger partial charge in [-0.3, -0.25) is 4.79 Å². The molecule has 0 N–H and O–H groups in total. The van der Waals surface area contributed by atoms with E-state index in [0.717, 1.165) is 19.3 Å². The van der Waals surface area contributed by atoms with E-state index in [1.165, 1.54) is 0 Å². The Bertz CT molecular complexity index is 154. The van der Waals surface area contributed by atoms with E-state index in [4.69, 9.17) is 4.74 Å². The van der Waals surface area contributed by atoms with Gasteiger partial charge in [0.1, 0.15) is 0 Å². The van der Waals surface area contributed by atoms with E-state index in [2.05, 4.69) is 13.8 Å². The molecule has 1 unspecified atom stereocenters. The Hall–Kier alpha value is -0.530. The molecule has 1 aliphatic heterocycles. The minimum absolute atomic E-state index is 0.0214. The molecule has 1 atom stereocenters. The van der Waals surface area contributed by atoms with Crippen molar-refractivity contribution < 1.29 is 9.53 Å². The molecule has 0 bridgehead atoms. The third-order valence-electron chi connectivity index (χ3n) is 2.61. The second-order valence-corrected chi connectivity index (χ2v) is 3.67. The van der Waals surface area contributed by atoms with Crippen LogP contribution in [0.1, 0.15) is 39.5 Å². The zero-order valence-electron chi connectivity index (χ0n) is 7.35. The van der Waals surface area contributed by atoms with Crippen LogP contribution in [0.4, 0.5) is 0 Å². The molecular weight excluding hydrogens is 140 g/mol. The van der Waals surface area contributed by atoms with E-state index in [1.54, 1.807) is 0 Å². The Labute approximate surface area is 67.9 Å². The van der Waals surface area contributed by atoms with Gasteiger partial charge < -0.3 is 4.74 Å². The summed E-state index contributed by atoms with van der Waals surface area (Å²) < 4.78 is 4.96. The molecule has 2 heteroatoms. The summed E-state index contributed by atoms with van der Waals surface area (Å²) >= 11 is 0. The Balaban J connectivity index is 2.58. The fraction of sp³-hybridized carbons (Fsp3) is 0.889. The van der Waals surface area contributed by atoms with Crippen LogP contribution in [0.2, 0.25) is 0 Å². The highest BCUT2D eigenvalue weighted by Crippen LogP contribution is 2.33. The summed E-state index contributed by atoms with van der Waals surface area (Å²) in [5.41, 5.74) is 0.202. The molecule has 1 heterocycles. The highest BCUT2D eigenvalue weighted by molar-refractivity contribution is 5.70. The highest BCUT2D eigenvalue weighted by atomic mass is 16.5. The first-order chi connectivity index (χ1) is 5.16. The summed E-state index contributed by atoms with van der Waals surface area (Å²) in [7, 11) is 0. The molecule has 0 radical (unpaired) electrons. The van der Waals surface area contributed by atoms with Gasteiger partial charge >= 0.3 is 5.97 Å². The molecule has 64 valence electrons. The molecule has 2 nitrogen and oxygen atoms in total. The Morgan fingerprint density at radius 2 is 2.36 bits per heavy atom. The molecule has 1 saturated heterocycles. The molecule has 11 heavy (non-hydrogen) atoms. The topological polar surface area (TPSA) is 26.3 Å². The number of hydrogen-bond donors (Lipinski definition) is 0. The first kappa shape index (κ1) is 8.57. The van der Waals surface area contributed by atoms with Gasteiger partial charge in [-0.25, -0.2) is 0 Å². The van der Waals surface area contributed by atoms with Crippen LogP contribution < -0.4 is 0 Å². The zero-order chi connectivity index (χ0) is 8.32. The molecule has 0 aromatic carbocycles. The number of ether oxygens (including phenoxy) is 1. The smallest absolute Gasteiger partial charge is 0.306 e. The summed E-state index contributed by atoms with van der Waals surface area (Å²) in [5, 5.41) is 0. The van der Waals surface area contributed by atoms with Crippen LogP contribution in [-0.2, 0) is 9.53 Å². The largest absolute Gasteiger partial charge is 0.466 e. The number of rotatable bonds is 1. The van der Waals surface area contributed by atoms with Gasteiger partial charge in [-0.2, -0.15) is 0 Å². The fourth-order valence-corrected chi connectivity index (χ4v) is 1.47. The van der Waals surface area contributed by atoms with Crippen LogP contribution >= 0.6 is 0 Å². The lowest BCUT2D eigenvalue weighted by Gasteiger charge is -2.23. The van der Waals surface area contributed by atoms with E-state index >= 15 is 0 Å². The van der Waals surface area contributed by atoms with Crippen molar-refractivity contribution >= 4 is 5.97 Å². The molecular formula is C9H16O2. The van der Waals surface area contributed by atoms with Gasteiger partial charge in [0, 0.05) is 0 Å². The Kier molecular flexibility index (Phi) is 2.53. The second kappa shape index (κ2) is 3.24. The third-order valence-corrected chi connectivity index (χ3v) is 2.61. The van der Waals surface area contributed by atoms with Crippen molar-refractivity contribution in [1.82, 2.24) is 0 Å². The van der Waals surface area contributed by atoms with Gasteiger partial charge in [-0.15, -0.1) is 0 Å². The van der Waals surface area contributed by atoms with Gasteiger partial charge in [0.05, 0.1) is 13.0 Å². The second-order valence-electron chi connectivity index (χ2n) is 3.67. The maximum atomic E-state index is 11.0. The van der Waals surface area contributed by atoms with Crippen LogP contribution in [0.15, 0.2) is 0 Å². The molecule has 1 rings (SSSR count). The minimum atomic E-state index is -0.0214. The van der Waals surface area contributed by atoms with Gasteiger partial charge in [0.2, 0.25) is 0 Å². The van der Waals surface area contributed by atoms with E-state index < -0.39 is 0 Å². The van der Waals surface area contributed by atoms with Crippen LogP contribution in [0.3, 0.4) is 0 Å². The molecule has 1 aliphatic rings. The lowest BCUT2D eigenvalue weighted by Crippen LogP contribution is -2.17. The number of hydrogen-bond acceptors (Lipinski definition) is 2. The van der Waals surface area contributed by atoms with Crippen molar-refractivity contribution in [3.63, 3.8) is 0 Å². The van der Waals surface area contributed by atoms with Crippen LogP contribution in [0.25, 0.3) is 0 Å². The van der Waals surface area contributed by atoms with Gasteiger partial charge in [0.25, 0.3) is 0 Å². The number of carbonyl (C=O) groups is 1. The summed E-state index contributed by atoms with van der Waals surface area (Å²) in [6.45, 7) is 4.92. The van der Waals surface area contributed by atoms with Crippen molar-refractivity contribution in [3.05, 3.63) is 0 Å². The molecule has 1 fully saturated rings. The molecule has 0 aromatic rings. The Morgan fingerprint density at radius 1 is 1.64 bits per heavy atom. The lowest BCUT2D eigenvalue weighted by atomic mass is 9.80. The van der Waals surface area contributed by atoms with Gasteiger partial charge in [-0.1, -0.05) is 20.3 Å². The third kappa shape index (κ3) is 2.21. The maximum Gasteiger partial charge on any atom is 0.306 e. The van der Waals surface area contributed by atoms with Crippen LogP contribution in [0, 0.1) is 5.41 Å². The average molecular weight is 156 g/mol. The molecule has 0 spiro atoms. The predicted octanol–water partition coefficient (Wildman–Crippen LogP) is 2.13. The Morgan fingerprint density at radius 3 is 3.00 bits per heavy atom. The first-order valence-electron chi connectivity index (χ1n) is 4.32. The number of cyclic esters (lactones) is 1. The summed E-state index contributed by atoms with van der Waals surface area (Å²) in [6, 6.07) is 0. The molecule has 0 aromatic heterocycles. The fourth-order valence-electron chi connectivity index (χ4n) is 1.47. The van der Waals surface area contributed by atoms with Gasteiger partial charge in [-0.05, 0) is 18.3 Å². The summed E-state index contributed by atoms with van der Waals surface area (Å²) in [4.78, 5) is 11.0. The molecule has 0 aliphatic carbocycles. The summed E-state index contributed by atoms with van der Waals surface area (Å²) in [5.74, 6) is -0.0214. The highest BCUT2D eigenvalue weighted by Gasteiger charge is 2.28. The monoisotopic (exact) mass is 156 g/mol. The van der Waals surface area contributed by atoms with E-state index in [-0.39, 0.29) is 11.4 Å². The van der Waals surface area contributed by atoms with Crippen molar-refractivity contribution in [1.29, 1.82) is 0 Å². The quantitative estimate of drug-likeness (QED) is 0.544. The predicted molar refractivity (Wildman–Crippen MR) is 43.2 cm³/mol. The molecule has 0 saturated carbocycles. The number of carbonyl (C=O) groups excluding carboxylic acids is 1. The maximum absolute atomic E-state index is 11.0.